The van der Waals surface area contributed by atoms with Gasteiger partial charge in [-0.3, -0.25) is 19.6 Å². The van der Waals surface area contributed by atoms with Crippen molar-refractivity contribution in [2.45, 2.75) is 117 Å². The monoisotopic (exact) mass is 714 g/mol. The number of hydrogen-bond acceptors (Lipinski definition) is 6. The molecule has 4 aliphatic rings. The molecule has 0 spiro atoms. The van der Waals surface area contributed by atoms with Gasteiger partial charge in [0.25, 0.3) is 0 Å². The molecule has 4 saturated heterocycles. The average molecular weight is 714 g/mol. The first-order valence-corrected chi connectivity index (χ1v) is 21.0. The molecule has 2 aromatic rings. The maximum absolute atomic E-state index is 6.09. The summed E-state index contributed by atoms with van der Waals surface area (Å²) in [5.74, 6) is 3.60. The minimum atomic E-state index is 0.172. The summed E-state index contributed by atoms with van der Waals surface area (Å²) in [6.07, 6.45) is 5.16. The Labute approximate surface area is 319 Å². The molecule has 0 bridgehead atoms. The van der Waals surface area contributed by atoms with Gasteiger partial charge in [-0.2, -0.15) is 0 Å². The van der Waals surface area contributed by atoms with E-state index in [1.54, 1.807) is 0 Å². The zero-order valence-corrected chi connectivity index (χ0v) is 35.0. The fourth-order valence-corrected chi connectivity index (χ4v) is 9.24. The molecule has 0 radical (unpaired) electrons. The van der Waals surface area contributed by atoms with Crippen LogP contribution in [0.15, 0.2) is 48.5 Å². The third-order valence-electron chi connectivity index (χ3n) is 13.6. The third-order valence-corrected chi connectivity index (χ3v) is 13.6. The number of benzene rings is 2. The van der Waals surface area contributed by atoms with Crippen molar-refractivity contribution in [3.63, 3.8) is 0 Å². The number of anilines is 1. The number of nitrogens with zero attached hydrogens (tertiary/aromatic N) is 5. The van der Waals surface area contributed by atoms with Crippen LogP contribution < -0.4 is 9.64 Å². The number of piperidine rings is 1. The van der Waals surface area contributed by atoms with E-state index in [1.165, 1.54) is 101 Å². The molecule has 0 aliphatic carbocycles. The molecule has 4 fully saturated rings. The van der Waals surface area contributed by atoms with Crippen molar-refractivity contribution in [1.29, 1.82) is 0 Å². The molecule has 52 heavy (non-hydrogen) atoms. The van der Waals surface area contributed by atoms with E-state index < -0.39 is 0 Å². The molecular weight excluding hydrogens is 639 g/mol. The highest BCUT2D eigenvalue weighted by molar-refractivity contribution is 5.49. The van der Waals surface area contributed by atoms with E-state index in [-0.39, 0.29) is 16.4 Å². The Morgan fingerprint density at radius 2 is 1.19 bits per heavy atom. The summed E-state index contributed by atoms with van der Waals surface area (Å²) in [6, 6.07) is 18.3. The van der Waals surface area contributed by atoms with Crippen molar-refractivity contribution in [3.05, 3.63) is 59.7 Å². The van der Waals surface area contributed by atoms with E-state index in [4.69, 9.17) is 4.74 Å². The van der Waals surface area contributed by atoms with Gasteiger partial charge in [0, 0.05) is 82.2 Å². The molecule has 4 heterocycles. The number of rotatable bonds is 13. The number of piperazine rings is 1. The van der Waals surface area contributed by atoms with Gasteiger partial charge in [0.1, 0.15) is 12.4 Å². The smallest absolute Gasteiger partial charge is 0.119 e. The van der Waals surface area contributed by atoms with E-state index in [2.05, 4.69) is 142 Å². The van der Waals surface area contributed by atoms with Crippen LogP contribution >= 0.6 is 0 Å². The van der Waals surface area contributed by atoms with E-state index in [9.17, 15) is 0 Å². The first kappa shape index (κ1) is 39.6. The van der Waals surface area contributed by atoms with Crippen molar-refractivity contribution >= 4 is 5.69 Å². The summed E-state index contributed by atoms with van der Waals surface area (Å²) in [6.45, 7) is 39.0. The van der Waals surface area contributed by atoms with Crippen LogP contribution in [0.4, 0.5) is 5.69 Å². The summed E-state index contributed by atoms with van der Waals surface area (Å²) in [5, 5.41) is 0. The number of hydrogen-bond donors (Lipinski definition) is 0. The molecule has 0 saturated carbocycles. The van der Waals surface area contributed by atoms with Crippen LogP contribution in [-0.2, 0) is 10.8 Å². The van der Waals surface area contributed by atoms with Crippen LogP contribution in [-0.4, -0.2) is 116 Å². The maximum atomic E-state index is 6.09. The number of ether oxygens (including phenoxy) is 1. The van der Waals surface area contributed by atoms with Crippen molar-refractivity contribution in [2.75, 3.05) is 90.0 Å². The van der Waals surface area contributed by atoms with E-state index >= 15 is 0 Å². The van der Waals surface area contributed by atoms with Crippen molar-refractivity contribution in [1.82, 2.24) is 19.6 Å². The van der Waals surface area contributed by atoms with Crippen LogP contribution in [0.2, 0.25) is 0 Å². The normalized spacial score (nSPS) is 21.7. The molecule has 0 N–H and O–H groups in total. The predicted octanol–water partition coefficient (Wildman–Crippen LogP) is 8.40. The van der Waals surface area contributed by atoms with Gasteiger partial charge in [-0.25, -0.2) is 0 Å². The lowest BCUT2D eigenvalue weighted by atomic mass is 9.75. The van der Waals surface area contributed by atoms with Gasteiger partial charge in [-0.05, 0) is 137 Å². The van der Waals surface area contributed by atoms with Crippen molar-refractivity contribution < 1.29 is 4.74 Å². The van der Waals surface area contributed by atoms with Crippen LogP contribution in [0.3, 0.4) is 0 Å². The maximum Gasteiger partial charge on any atom is 0.119 e. The second kappa shape index (κ2) is 15.9. The fraction of sp³-hybridized carbons (Fsp3) is 0.739. The Balaban J connectivity index is 0.865. The van der Waals surface area contributed by atoms with Crippen LogP contribution in [0, 0.1) is 17.8 Å². The zero-order valence-electron chi connectivity index (χ0n) is 35.0. The Morgan fingerprint density at radius 1 is 0.596 bits per heavy atom. The Bertz CT molecular complexity index is 1390. The van der Waals surface area contributed by atoms with Gasteiger partial charge < -0.3 is 9.64 Å². The lowest BCUT2D eigenvalue weighted by Gasteiger charge is -2.49. The van der Waals surface area contributed by atoms with Gasteiger partial charge in [0.2, 0.25) is 0 Å². The number of likely N-dealkylation sites (tertiary alicyclic amines) is 3. The molecule has 6 rings (SSSR count). The van der Waals surface area contributed by atoms with Gasteiger partial charge in [0.05, 0.1) is 0 Å². The minimum absolute atomic E-state index is 0.172. The van der Waals surface area contributed by atoms with Crippen LogP contribution in [0.25, 0.3) is 0 Å². The molecule has 0 unspecified atom stereocenters. The largest absolute Gasteiger partial charge is 0.492 e. The third kappa shape index (κ3) is 9.94. The first-order valence-electron chi connectivity index (χ1n) is 21.0. The van der Waals surface area contributed by atoms with Gasteiger partial charge in [-0.1, -0.05) is 58.9 Å². The molecule has 0 aromatic heterocycles. The van der Waals surface area contributed by atoms with Crippen LogP contribution in [0.5, 0.6) is 5.75 Å². The second-order valence-corrected chi connectivity index (χ2v) is 20.4. The average Bonchev–Trinajstić information content (AvgIpc) is 3.06. The molecule has 0 atom stereocenters. The van der Waals surface area contributed by atoms with E-state index in [0.29, 0.717) is 5.54 Å². The Morgan fingerprint density at radius 3 is 1.77 bits per heavy atom. The SMILES string of the molecule is CC(C)(C)c1ccc(OCCN2CC(C3CCN(C(C)(C)CCC(C)(C)c4ccc(N5CCN(CC6CN(C(C)(C)C)C6)CC5)cc4)CC3)C2)cc1. The summed E-state index contributed by atoms with van der Waals surface area (Å²) in [7, 11) is 0. The molecular formula is C46H75N5O. The summed E-state index contributed by atoms with van der Waals surface area (Å²) < 4.78 is 6.09. The molecule has 6 nitrogen and oxygen atoms in total. The van der Waals surface area contributed by atoms with Crippen molar-refractivity contribution in [2.24, 2.45) is 17.8 Å². The summed E-state index contributed by atoms with van der Waals surface area (Å²) >= 11 is 0. The molecule has 6 heteroatoms. The van der Waals surface area contributed by atoms with Gasteiger partial charge >= 0.3 is 0 Å². The lowest BCUT2D eigenvalue weighted by Crippen LogP contribution is -2.59. The zero-order chi connectivity index (χ0) is 37.3. The van der Waals surface area contributed by atoms with Crippen molar-refractivity contribution in [3.8, 4) is 5.75 Å². The highest BCUT2D eigenvalue weighted by atomic mass is 16.5. The lowest BCUT2D eigenvalue weighted by molar-refractivity contribution is -0.00249. The molecule has 4 aliphatic heterocycles. The van der Waals surface area contributed by atoms with Crippen LogP contribution in [0.1, 0.15) is 106 Å². The topological polar surface area (TPSA) is 25.4 Å². The van der Waals surface area contributed by atoms with E-state index in [0.717, 1.165) is 49.7 Å². The quantitative estimate of drug-likeness (QED) is 0.207. The molecule has 0 amide bonds. The minimum Gasteiger partial charge on any atom is -0.492 e. The standard InChI is InChI=1S/C46H75N5O/c1-43(2,3)39-13-17-42(18-14-39)52-30-29-48-34-38(35-48)37-19-23-50(24-20-37)46(9,10)22-21-45(7,8)40-11-15-41(16-12-40)49-27-25-47(26-28-49)31-36-32-51(33-36)44(4,5)6/h11-18,36-38H,19-35H2,1-10H3. The predicted molar refractivity (Wildman–Crippen MR) is 221 cm³/mol. The van der Waals surface area contributed by atoms with E-state index in [1.807, 2.05) is 0 Å². The fourth-order valence-electron chi connectivity index (χ4n) is 9.24. The summed E-state index contributed by atoms with van der Waals surface area (Å²) in [5.41, 5.74) is 5.15. The van der Waals surface area contributed by atoms with Gasteiger partial charge in [0.15, 0.2) is 0 Å². The Kier molecular flexibility index (Phi) is 12.1. The Hall–Kier alpha value is -2.12. The highest BCUT2D eigenvalue weighted by Crippen LogP contribution is 2.38. The van der Waals surface area contributed by atoms with Gasteiger partial charge in [-0.15, -0.1) is 0 Å². The first-order chi connectivity index (χ1) is 24.5. The summed E-state index contributed by atoms with van der Waals surface area (Å²) in [4.78, 5) is 13.3. The molecule has 290 valence electrons. The molecule has 2 aromatic carbocycles. The highest BCUT2D eigenvalue weighted by Gasteiger charge is 2.39. The second-order valence-electron chi connectivity index (χ2n) is 20.4.